The van der Waals surface area contributed by atoms with Gasteiger partial charge in [0, 0.05) is 0 Å². The molecule has 0 aliphatic heterocycles. The van der Waals surface area contributed by atoms with Crippen molar-refractivity contribution in [1.29, 1.82) is 0 Å². The van der Waals surface area contributed by atoms with Crippen molar-refractivity contribution in [3.8, 4) is 5.75 Å². The normalized spacial score (nSPS) is 10.4. The molecule has 0 aliphatic rings. The third-order valence-electron chi connectivity index (χ3n) is 1.45. The number of hydrogen-bond donors (Lipinski definition) is 0. The first-order chi connectivity index (χ1) is 5.59. The van der Waals surface area contributed by atoms with Crippen LogP contribution in [0.4, 0.5) is 0 Å². The number of halogens is 1. The minimum Gasteiger partial charge on any atom is -0.489 e. The predicted molar refractivity (Wildman–Crippen MR) is 52.0 cm³/mol. The molecule has 0 unspecified atom stereocenters. The maximum absolute atomic E-state index is 5.95. The molecular formula is C10H13ClO. The first-order valence-corrected chi connectivity index (χ1v) is 4.40. The Hall–Kier alpha value is -0.690. The molecule has 1 aromatic carbocycles. The lowest BCUT2D eigenvalue weighted by molar-refractivity contribution is 0.242. The number of benzene rings is 1. The summed E-state index contributed by atoms with van der Waals surface area (Å²) in [5.74, 6) is 0.761. The molecule has 66 valence electrons. The quantitative estimate of drug-likeness (QED) is 0.684. The Morgan fingerprint density at radius 3 is 2.50 bits per heavy atom. The van der Waals surface area contributed by atoms with Gasteiger partial charge in [-0.3, -0.25) is 0 Å². The maximum atomic E-state index is 5.95. The Morgan fingerprint density at radius 2 is 2.00 bits per heavy atom. The monoisotopic (exact) mass is 184 g/mol. The molecule has 0 N–H and O–H groups in total. The van der Waals surface area contributed by atoms with E-state index in [0.29, 0.717) is 5.02 Å². The van der Waals surface area contributed by atoms with E-state index in [0.717, 1.165) is 11.3 Å². The van der Waals surface area contributed by atoms with Crippen molar-refractivity contribution in [2.75, 3.05) is 0 Å². The van der Waals surface area contributed by atoms with Gasteiger partial charge in [0.1, 0.15) is 5.75 Å². The highest BCUT2D eigenvalue weighted by Crippen LogP contribution is 2.25. The van der Waals surface area contributed by atoms with Crippen molar-refractivity contribution in [2.45, 2.75) is 26.9 Å². The lowest BCUT2D eigenvalue weighted by Crippen LogP contribution is -2.05. The van der Waals surface area contributed by atoms with E-state index in [1.54, 1.807) is 0 Å². The topological polar surface area (TPSA) is 9.23 Å². The van der Waals surface area contributed by atoms with Gasteiger partial charge in [0.2, 0.25) is 0 Å². The molecule has 0 atom stereocenters. The second-order valence-corrected chi connectivity index (χ2v) is 3.51. The number of ether oxygens (including phenoxy) is 1. The van der Waals surface area contributed by atoms with Gasteiger partial charge < -0.3 is 4.74 Å². The van der Waals surface area contributed by atoms with Crippen molar-refractivity contribution in [1.82, 2.24) is 0 Å². The van der Waals surface area contributed by atoms with Crippen LogP contribution in [0.1, 0.15) is 19.4 Å². The fourth-order valence-electron chi connectivity index (χ4n) is 0.955. The standard InChI is InChI=1S/C10H13ClO/c1-7(2)12-10-5-4-8(3)6-9(10)11/h4-7H,1-3H3. The minimum atomic E-state index is 0.171. The summed E-state index contributed by atoms with van der Waals surface area (Å²) in [7, 11) is 0. The summed E-state index contributed by atoms with van der Waals surface area (Å²) in [5.41, 5.74) is 1.15. The molecular weight excluding hydrogens is 172 g/mol. The van der Waals surface area contributed by atoms with E-state index >= 15 is 0 Å². The Kier molecular flexibility index (Phi) is 2.99. The van der Waals surface area contributed by atoms with E-state index in [-0.39, 0.29) is 6.10 Å². The van der Waals surface area contributed by atoms with Crippen LogP contribution >= 0.6 is 11.6 Å². The van der Waals surface area contributed by atoms with E-state index in [1.807, 2.05) is 39.0 Å². The van der Waals surface area contributed by atoms with Crippen LogP contribution in [0.5, 0.6) is 5.75 Å². The summed E-state index contributed by atoms with van der Waals surface area (Å²) in [6, 6.07) is 5.79. The lowest BCUT2D eigenvalue weighted by Gasteiger charge is -2.11. The number of hydrogen-bond acceptors (Lipinski definition) is 1. The molecule has 0 spiro atoms. The zero-order valence-electron chi connectivity index (χ0n) is 7.60. The number of aryl methyl sites for hydroxylation is 1. The largest absolute Gasteiger partial charge is 0.489 e. The van der Waals surface area contributed by atoms with Gasteiger partial charge in [-0.05, 0) is 38.5 Å². The average Bonchev–Trinajstić information content (AvgIpc) is 1.94. The van der Waals surface area contributed by atoms with E-state index in [4.69, 9.17) is 16.3 Å². The summed E-state index contributed by atoms with van der Waals surface area (Å²) in [6.45, 7) is 5.97. The first-order valence-electron chi connectivity index (χ1n) is 4.02. The van der Waals surface area contributed by atoms with Crippen LogP contribution in [-0.2, 0) is 0 Å². The highest BCUT2D eigenvalue weighted by atomic mass is 35.5. The first kappa shape index (κ1) is 9.40. The highest BCUT2D eigenvalue weighted by molar-refractivity contribution is 6.32. The summed E-state index contributed by atoms with van der Waals surface area (Å²) >= 11 is 5.95. The Morgan fingerprint density at radius 1 is 1.33 bits per heavy atom. The van der Waals surface area contributed by atoms with Gasteiger partial charge in [-0.15, -0.1) is 0 Å². The predicted octanol–water partition coefficient (Wildman–Crippen LogP) is 3.44. The zero-order valence-corrected chi connectivity index (χ0v) is 8.35. The second kappa shape index (κ2) is 3.81. The summed E-state index contributed by atoms with van der Waals surface area (Å²) in [4.78, 5) is 0. The molecule has 0 saturated carbocycles. The van der Waals surface area contributed by atoms with E-state index in [1.165, 1.54) is 0 Å². The smallest absolute Gasteiger partial charge is 0.138 e. The van der Waals surface area contributed by atoms with Crippen LogP contribution < -0.4 is 4.74 Å². The SMILES string of the molecule is Cc1ccc(OC(C)C)c(Cl)c1. The molecule has 12 heavy (non-hydrogen) atoms. The van der Waals surface area contributed by atoms with Crippen LogP contribution in [-0.4, -0.2) is 6.10 Å². The van der Waals surface area contributed by atoms with Crippen LogP contribution in [0.15, 0.2) is 18.2 Å². The molecule has 0 heterocycles. The van der Waals surface area contributed by atoms with Crippen molar-refractivity contribution in [3.63, 3.8) is 0 Å². The van der Waals surface area contributed by atoms with Gasteiger partial charge >= 0.3 is 0 Å². The molecule has 1 rings (SSSR count). The van der Waals surface area contributed by atoms with Crippen LogP contribution in [0.2, 0.25) is 5.02 Å². The van der Waals surface area contributed by atoms with Crippen LogP contribution in [0.3, 0.4) is 0 Å². The fraction of sp³-hybridized carbons (Fsp3) is 0.400. The summed E-state index contributed by atoms with van der Waals surface area (Å²) < 4.78 is 5.47. The van der Waals surface area contributed by atoms with Gasteiger partial charge in [0.05, 0.1) is 11.1 Å². The highest BCUT2D eigenvalue weighted by Gasteiger charge is 2.02. The Bertz CT molecular complexity index is 269. The van der Waals surface area contributed by atoms with Crippen molar-refractivity contribution in [3.05, 3.63) is 28.8 Å². The summed E-state index contributed by atoms with van der Waals surface area (Å²) in [5, 5.41) is 0.684. The third-order valence-corrected chi connectivity index (χ3v) is 1.75. The van der Waals surface area contributed by atoms with Crippen LogP contribution in [0.25, 0.3) is 0 Å². The van der Waals surface area contributed by atoms with Gasteiger partial charge in [-0.2, -0.15) is 0 Å². The maximum Gasteiger partial charge on any atom is 0.138 e. The molecule has 0 aliphatic carbocycles. The molecule has 1 nitrogen and oxygen atoms in total. The van der Waals surface area contributed by atoms with Crippen molar-refractivity contribution < 1.29 is 4.74 Å². The minimum absolute atomic E-state index is 0.171. The molecule has 0 fully saturated rings. The molecule has 0 radical (unpaired) electrons. The molecule has 0 amide bonds. The number of rotatable bonds is 2. The van der Waals surface area contributed by atoms with E-state index in [2.05, 4.69) is 0 Å². The van der Waals surface area contributed by atoms with Crippen molar-refractivity contribution in [2.24, 2.45) is 0 Å². The van der Waals surface area contributed by atoms with Gasteiger partial charge in [0.25, 0.3) is 0 Å². The Labute approximate surface area is 78.3 Å². The van der Waals surface area contributed by atoms with Gasteiger partial charge in [-0.1, -0.05) is 17.7 Å². The van der Waals surface area contributed by atoms with Crippen molar-refractivity contribution >= 4 is 11.6 Å². The molecule has 0 aromatic heterocycles. The van der Waals surface area contributed by atoms with Gasteiger partial charge in [0.15, 0.2) is 0 Å². The second-order valence-electron chi connectivity index (χ2n) is 3.10. The Balaban J connectivity index is 2.86. The molecule has 0 bridgehead atoms. The van der Waals surface area contributed by atoms with Crippen LogP contribution in [0, 0.1) is 6.92 Å². The molecule has 2 heteroatoms. The van der Waals surface area contributed by atoms with Gasteiger partial charge in [-0.25, -0.2) is 0 Å². The average molecular weight is 185 g/mol. The summed E-state index contributed by atoms with van der Waals surface area (Å²) in [6.07, 6.45) is 0.171. The lowest BCUT2D eigenvalue weighted by atomic mass is 10.2. The fourth-order valence-corrected chi connectivity index (χ4v) is 1.24. The molecule has 0 saturated heterocycles. The zero-order chi connectivity index (χ0) is 9.14. The van der Waals surface area contributed by atoms with E-state index < -0.39 is 0 Å². The molecule has 1 aromatic rings. The van der Waals surface area contributed by atoms with E-state index in [9.17, 15) is 0 Å². The third kappa shape index (κ3) is 2.42.